The lowest BCUT2D eigenvalue weighted by atomic mass is 10.2. The molecule has 98 valence electrons. The molecule has 0 aliphatic rings. The fourth-order valence-electron chi connectivity index (χ4n) is 2.51. The third-order valence-corrected chi connectivity index (χ3v) is 3.69. The standard InChI is InChI=1S/C15H11ClN4/c1-20-14-7-9(16)4-5-10(14)15(19-20)13-8-12-11(18-13)3-2-6-17-12/h2-8,18H,1H3. The monoisotopic (exact) mass is 282 g/mol. The van der Waals surface area contributed by atoms with Crippen LogP contribution in [0.1, 0.15) is 0 Å². The number of aryl methyl sites for hydroxylation is 1. The number of halogens is 1. The van der Waals surface area contributed by atoms with E-state index in [9.17, 15) is 0 Å². The van der Waals surface area contributed by atoms with Gasteiger partial charge >= 0.3 is 0 Å². The Bertz CT molecular complexity index is 903. The average Bonchev–Trinajstić information content (AvgIpc) is 3.00. The van der Waals surface area contributed by atoms with Crippen LogP contribution in [0.2, 0.25) is 5.02 Å². The molecule has 0 unspecified atom stereocenters. The van der Waals surface area contributed by atoms with Crippen molar-refractivity contribution in [3.05, 3.63) is 47.6 Å². The normalized spacial score (nSPS) is 11.5. The number of fused-ring (bicyclic) bond motifs is 2. The number of aromatic nitrogens is 4. The molecular weight excluding hydrogens is 272 g/mol. The van der Waals surface area contributed by atoms with E-state index in [0.29, 0.717) is 5.02 Å². The number of aromatic amines is 1. The molecule has 4 aromatic rings. The second-order valence-electron chi connectivity index (χ2n) is 4.75. The molecule has 4 nitrogen and oxygen atoms in total. The van der Waals surface area contributed by atoms with Crippen LogP contribution in [-0.4, -0.2) is 19.7 Å². The number of nitrogens with zero attached hydrogens (tertiary/aromatic N) is 3. The summed E-state index contributed by atoms with van der Waals surface area (Å²) >= 11 is 6.05. The van der Waals surface area contributed by atoms with Crippen molar-refractivity contribution in [1.29, 1.82) is 0 Å². The zero-order valence-electron chi connectivity index (χ0n) is 10.8. The highest BCUT2D eigenvalue weighted by Crippen LogP contribution is 2.30. The second kappa shape index (κ2) is 4.08. The Morgan fingerprint density at radius 2 is 2.10 bits per heavy atom. The molecule has 5 heteroatoms. The summed E-state index contributed by atoms with van der Waals surface area (Å²) in [4.78, 5) is 7.70. The number of rotatable bonds is 1. The number of hydrogen-bond donors (Lipinski definition) is 1. The quantitative estimate of drug-likeness (QED) is 0.578. The first-order chi connectivity index (χ1) is 9.72. The summed E-state index contributed by atoms with van der Waals surface area (Å²) in [7, 11) is 1.92. The Balaban J connectivity index is 2.02. The van der Waals surface area contributed by atoms with Gasteiger partial charge in [-0.2, -0.15) is 5.10 Å². The van der Waals surface area contributed by atoms with E-state index in [1.54, 1.807) is 6.20 Å². The van der Waals surface area contributed by atoms with Crippen molar-refractivity contribution in [3.8, 4) is 11.4 Å². The van der Waals surface area contributed by atoms with Gasteiger partial charge in [-0.1, -0.05) is 11.6 Å². The molecule has 0 saturated carbocycles. The largest absolute Gasteiger partial charge is 0.352 e. The van der Waals surface area contributed by atoms with Crippen molar-refractivity contribution >= 4 is 33.5 Å². The Hall–Kier alpha value is -2.33. The fraction of sp³-hybridized carbons (Fsp3) is 0.0667. The van der Waals surface area contributed by atoms with Crippen molar-refractivity contribution in [2.45, 2.75) is 0 Å². The van der Waals surface area contributed by atoms with Crippen LogP contribution in [-0.2, 0) is 7.05 Å². The predicted octanol–water partition coefficient (Wildman–Crippen LogP) is 3.77. The van der Waals surface area contributed by atoms with E-state index >= 15 is 0 Å². The van der Waals surface area contributed by atoms with Gasteiger partial charge in [-0.15, -0.1) is 0 Å². The Labute approximate surface area is 120 Å². The maximum atomic E-state index is 6.05. The van der Waals surface area contributed by atoms with Crippen LogP contribution >= 0.6 is 11.6 Å². The molecule has 0 aliphatic heterocycles. The molecule has 3 heterocycles. The van der Waals surface area contributed by atoms with Crippen molar-refractivity contribution in [3.63, 3.8) is 0 Å². The van der Waals surface area contributed by atoms with Gasteiger partial charge < -0.3 is 4.98 Å². The van der Waals surface area contributed by atoms with Gasteiger partial charge in [0.2, 0.25) is 0 Å². The summed E-state index contributed by atoms with van der Waals surface area (Å²) in [6.07, 6.45) is 1.79. The molecule has 0 amide bonds. The first-order valence-corrected chi connectivity index (χ1v) is 6.66. The molecule has 1 N–H and O–H groups in total. The highest BCUT2D eigenvalue weighted by Gasteiger charge is 2.13. The second-order valence-corrected chi connectivity index (χ2v) is 5.19. The summed E-state index contributed by atoms with van der Waals surface area (Å²) < 4.78 is 1.84. The summed E-state index contributed by atoms with van der Waals surface area (Å²) in [5.74, 6) is 0. The van der Waals surface area contributed by atoms with E-state index in [1.165, 1.54) is 0 Å². The summed E-state index contributed by atoms with van der Waals surface area (Å²) in [5.41, 5.74) is 4.84. The van der Waals surface area contributed by atoms with Crippen LogP contribution in [0.25, 0.3) is 33.3 Å². The molecule has 0 aliphatic carbocycles. The van der Waals surface area contributed by atoms with E-state index in [1.807, 2.05) is 48.1 Å². The first kappa shape index (κ1) is 11.5. The molecule has 1 aromatic carbocycles. The van der Waals surface area contributed by atoms with E-state index in [-0.39, 0.29) is 0 Å². The molecule has 0 radical (unpaired) electrons. The number of H-pyrrole nitrogens is 1. The van der Waals surface area contributed by atoms with Gasteiger partial charge in [0.05, 0.1) is 22.2 Å². The van der Waals surface area contributed by atoms with E-state index in [2.05, 4.69) is 15.1 Å². The minimum absolute atomic E-state index is 0.713. The van der Waals surface area contributed by atoms with Gasteiger partial charge in [-0.25, -0.2) is 0 Å². The van der Waals surface area contributed by atoms with Crippen molar-refractivity contribution in [2.75, 3.05) is 0 Å². The van der Waals surface area contributed by atoms with Gasteiger partial charge in [0.1, 0.15) is 5.69 Å². The predicted molar refractivity (Wildman–Crippen MR) is 80.8 cm³/mol. The fourth-order valence-corrected chi connectivity index (χ4v) is 2.68. The van der Waals surface area contributed by atoms with E-state index < -0.39 is 0 Å². The maximum Gasteiger partial charge on any atom is 0.116 e. The topological polar surface area (TPSA) is 46.5 Å². The van der Waals surface area contributed by atoms with Crippen LogP contribution in [0.4, 0.5) is 0 Å². The molecule has 4 rings (SSSR count). The summed E-state index contributed by atoms with van der Waals surface area (Å²) in [6, 6.07) is 11.8. The molecule has 0 atom stereocenters. The lowest BCUT2D eigenvalue weighted by molar-refractivity contribution is 0.800. The summed E-state index contributed by atoms with van der Waals surface area (Å²) in [6.45, 7) is 0. The minimum atomic E-state index is 0.713. The van der Waals surface area contributed by atoms with Gasteiger partial charge in [0.15, 0.2) is 0 Å². The lowest BCUT2D eigenvalue weighted by Crippen LogP contribution is -1.89. The molecule has 0 bridgehead atoms. The molecule has 0 fully saturated rings. The Morgan fingerprint density at radius 1 is 1.20 bits per heavy atom. The minimum Gasteiger partial charge on any atom is -0.352 e. The van der Waals surface area contributed by atoms with Crippen LogP contribution in [0.3, 0.4) is 0 Å². The maximum absolute atomic E-state index is 6.05. The zero-order chi connectivity index (χ0) is 13.7. The van der Waals surface area contributed by atoms with Crippen LogP contribution < -0.4 is 0 Å². The number of nitrogens with one attached hydrogen (secondary N) is 1. The van der Waals surface area contributed by atoms with Crippen molar-refractivity contribution in [1.82, 2.24) is 19.7 Å². The van der Waals surface area contributed by atoms with Crippen LogP contribution in [0.5, 0.6) is 0 Å². The summed E-state index contributed by atoms with van der Waals surface area (Å²) in [5, 5.41) is 6.38. The highest BCUT2D eigenvalue weighted by molar-refractivity contribution is 6.31. The highest BCUT2D eigenvalue weighted by atomic mass is 35.5. The third-order valence-electron chi connectivity index (χ3n) is 3.46. The third kappa shape index (κ3) is 1.62. The zero-order valence-corrected chi connectivity index (χ0v) is 11.5. The number of pyridine rings is 1. The van der Waals surface area contributed by atoms with Gasteiger partial charge in [0.25, 0.3) is 0 Å². The van der Waals surface area contributed by atoms with Crippen LogP contribution in [0, 0.1) is 0 Å². The van der Waals surface area contributed by atoms with Gasteiger partial charge in [0, 0.05) is 23.7 Å². The SMILES string of the molecule is Cn1nc(-c2cc3ncccc3[nH]2)c2ccc(Cl)cc21. The van der Waals surface area contributed by atoms with Gasteiger partial charge in [-0.05, 0) is 36.4 Å². The van der Waals surface area contributed by atoms with Crippen LogP contribution in [0.15, 0.2) is 42.6 Å². The Morgan fingerprint density at radius 3 is 2.95 bits per heavy atom. The van der Waals surface area contributed by atoms with Crippen molar-refractivity contribution < 1.29 is 0 Å². The van der Waals surface area contributed by atoms with Gasteiger partial charge in [-0.3, -0.25) is 9.67 Å². The molecule has 0 spiro atoms. The molecule has 20 heavy (non-hydrogen) atoms. The van der Waals surface area contributed by atoms with E-state index in [0.717, 1.165) is 33.3 Å². The molecular formula is C15H11ClN4. The van der Waals surface area contributed by atoms with Crippen molar-refractivity contribution in [2.24, 2.45) is 7.05 Å². The Kier molecular flexibility index (Phi) is 2.35. The lowest BCUT2D eigenvalue weighted by Gasteiger charge is -1.94. The van der Waals surface area contributed by atoms with E-state index in [4.69, 9.17) is 11.6 Å². The molecule has 0 saturated heterocycles. The number of hydrogen-bond acceptors (Lipinski definition) is 2. The molecule has 3 aromatic heterocycles. The smallest absolute Gasteiger partial charge is 0.116 e. The first-order valence-electron chi connectivity index (χ1n) is 6.29. The average molecular weight is 283 g/mol. The number of benzene rings is 1.